The molecular formula is C15H15NO3. The molecule has 0 fully saturated rings. The van der Waals surface area contributed by atoms with Crippen LogP contribution < -0.4 is 0 Å². The summed E-state index contributed by atoms with van der Waals surface area (Å²) in [5.41, 5.74) is 3.47. The maximum absolute atomic E-state index is 12.1. The van der Waals surface area contributed by atoms with E-state index in [2.05, 4.69) is 11.2 Å². The predicted molar refractivity (Wildman–Crippen MR) is 68.8 cm³/mol. The smallest absolute Gasteiger partial charge is 0.344 e. The summed E-state index contributed by atoms with van der Waals surface area (Å²) in [6.45, 7) is 1.93. The van der Waals surface area contributed by atoms with E-state index >= 15 is 0 Å². The van der Waals surface area contributed by atoms with Crippen LogP contribution >= 0.6 is 0 Å². The lowest BCUT2D eigenvalue weighted by Gasteiger charge is -2.12. The monoisotopic (exact) mass is 257 g/mol. The highest BCUT2D eigenvalue weighted by Crippen LogP contribution is 2.34. The van der Waals surface area contributed by atoms with E-state index < -0.39 is 0 Å². The van der Waals surface area contributed by atoms with E-state index in [0.29, 0.717) is 17.7 Å². The number of hydrogen-bond acceptors (Lipinski definition) is 4. The molecule has 0 radical (unpaired) electrons. The average molecular weight is 257 g/mol. The van der Waals surface area contributed by atoms with Crippen molar-refractivity contribution in [2.75, 3.05) is 0 Å². The average Bonchev–Trinajstić information content (AvgIpc) is 3.05. The third-order valence-corrected chi connectivity index (χ3v) is 3.53. The number of hydrogen-bond donors (Lipinski definition) is 0. The summed E-state index contributed by atoms with van der Waals surface area (Å²) in [4.78, 5) is 12.1. The van der Waals surface area contributed by atoms with Crippen LogP contribution in [-0.4, -0.2) is 11.1 Å². The van der Waals surface area contributed by atoms with Crippen molar-refractivity contribution in [1.29, 1.82) is 0 Å². The highest BCUT2D eigenvalue weighted by molar-refractivity contribution is 5.90. The van der Waals surface area contributed by atoms with Crippen molar-refractivity contribution in [3.8, 4) is 0 Å². The van der Waals surface area contributed by atoms with Crippen LogP contribution in [0.25, 0.3) is 0 Å². The van der Waals surface area contributed by atoms with Crippen LogP contribution in [0.2, 0.25) is 0 Å². The highest BCUT2D eigenvalue weighted by atomic mass is 16.5. The van der Waals surface area contributed by atoms with E-state index in [0.717, 1.165) is 18.4 Å². The Kier molecular flexibility index (Phi) is 3.07. The van der Waals surface area contributed by atoms with E-state index in [1.807, 2.05) is 25.1 Å². The van der Waals surface area contributed by atoms with Gasteiger partial charge < -0.3 is 9.26 Å². The fourth-order valence-corrected chi connectivity index (χ4v) is 2.51. The summed E-state index contributed by atoms with van der Waals surface area (Å²) in [7, 11) is 0. The molecule has 1 aliphatic carbocycles. The van der Waals surface area contributed by atoms with Crippen LogP contribution in [0.3, 0.4) is 0 Å². The molecule has 0 bridgehead atoms. The van der Waals surface area contributed by atoms with Crippen LogP contribution in [0.4, 0.5) is 0 Å². The fourth-order valence-electron chi connectivity index (χ4n) is 2.51. The van der Waals surface area contributed by atoms with Crippen molar-refractivity contribution in [1.82, 2.24) is 5.16 Å². The number of esters is 1. The Bertz CT molecular complexity index is 603. The quantitative estimate of drug-likeness (QED) is 0.793. The first-order chi connectivity index (χ1) is 9.29. The summed E-state index contributed by atoms with van der Waals surface area (Å²) >= 11 is 0. The summed E-state index contributed by atoms with van der Waals surface area (Å²) in [6, 6.07) is 8.09. The number of benzene rings is 1. The minimum absolute atomic E-state index is 0.150. The normalized spacial score (nSPS) is 17.2. The van der Waals surface area contributed by atoms with Crippen molar-refractivity contribution >= 4 is 5.97 Å². The Morgan fingerprint density at radius 2 is 2.32 bits per heavy atom. The minimum Gasteiger partial charge on any atom is -0.454 e. The molecule has 0 spiro atoms. The van der Waals surface area contributed by atoms with E-state index in [1.54, 1.807) is 0 Å². The summed E-state index contributed by atoms with van der Waals surface area (Å²) in [5, 5.41) is 3.80. The molecule has 1 aromatic heterocycles. The van der Waals surface area contributed by atoms with Gasteiger partial charge in [-0.15, -0.1) is 0 Å². The van der Waals surface area contributed by atoms with Crippen molar-refractivity contribution < 1.29 is 14.1 Å². The Hall–Kier alpha value is -2.10. The van der Waals surface area contributed by atoms with Crippen molar-refractivity contribution in [2.24, 2.45) is 0 Å². The van der Waals surface area contributed by atoms with E-state index in [9.17, 15) is 4.79 Å². The number of fused-ring (bicyclic) bond motifs is 1. The molecule has 0 aliphatic heterocycles. The minimum atomic E-state index is -0.347. The Morgan fingerprint density at radius 1 is 1.47 bits per heavy atom. The van der Waals surface area contributed by atoms with E-state index in [-0.39, 0.29) is 12.1 Å². The topological polar surface area (TPSA) is 52.3 Å². The van der Waals surface area contributed by atoms with Crippen LogP contribution in [0, 0.1) is 0 Å². The summed E-state index contributed by atoms with van der Waals surface area (Å²) in [6.07, 6.45) is 3.67. The number of rotatable bonds is 3. The van der Waals surface area contributed by atoms with Gasteiger partial charge in [0.2, 0.25) is 0 Å². The van der Waals surface area contributed by atoms with Gasteiger partial charge in [-0.3, -0.25) is 0 Å². The maximum atomic E-state index is 12.1. The molecule has 0 amide bonds. The van der Waals surface area contributed by atoms with Crippen LogP contribution in [0.1, 0.15) is 46.6 Å². The van der Waals surface area contributed by atoms with Gasteiger partial charge in [0.1, 0.15) is 17.9 Å². The third kappa shape index (κ3) is 2.14. The first-order valence-corrected chi connectivity index (χ1v) is 6.51. The Morgan fingerprint density at radius 3 is 3.16 bits per heavy atom. The molecule has 1 heterocycles. The van der Waals surface area contributed by atoms with Crippen molar-refractivity contribution in [3.05, 3.63) is 52.9 Å². The second kappa shape index (κ2) is 4.88. The second-order valence-electron chi connectivity index (χ2n) is 4.66. The highest BCUT2D eigenvalue weighted by Gasteiger charge is 2.27. The van der Waals surface area contributed by atoms with Gasteiger partial charge in [0.25, 0.3) is 0 Å². The largest absolute Gasteiger partial charge is 0.454 e. The van der Waals surface area contributed by atoms with Gasteiger partial charge in [-0.2, -0.15) is 0 Å². The van der Waals surface area contributed by atoms with Crippen LogP contribution in [0.15, 0.2) is 35.1 Å². The summed E-state index contributed by atoms with van der Waals surface area (Å²) < 4.78 is 10.4. The number of ether oxygens (including phenoxy) is 1. The molecule has 0 N–H and O–H groups in total. The third-order valence-electron chi connectivity index (χ3n) is 3.53. The van der Waals surface area contributed by atoms with Gasteiger partial charge in [-0.05, 0) is 30.4 Å². The molecule has 98 valence electrons. The molecule has 2 aromatic rings. The number of nitrogens with zero attached hydrogens (tertiary/aromatic N) is 1. The lowest BCUT2D eigenvalue weighted by atomic mass is 10.1. The van der Waals surface area contributed by atoms with Gasteiger partial charge >= 0.3 is 5.97 Å². The van der Waals surface area contributed by atoms with E-state index in [4.69, 9.17) is 9.26 Å². The number of carbonyl (C=O) groups excluding carboxylic acids is 1. The van der Waals surface area contributed by atoms with Crippen LogP contribution in [-0.2, 0) is 17.6 Å². The maximum Gasteiger partial charge on any atom is 0.344 e. The zero-order valence-electron chi connectivity index (χ0n) is 10.8. The van der Waals surface area contributed by atoms with Gasteiger partial charge in [0.15, 0.2) is 0 Å². The zero-order chi connectivity index (χ0) is 13.2. The number of aryl methyl sites for hydroxylation is 2. The lowest BCUT2D eigenvalue weighted by Crippen LogP contribution is -2.10. The van der Waals surface area contributed by atoms with Crippen molar-refractivity contribution in [3.63, 3.8) is 0 Å². The van der Waals surface area contributed by atoms with Gasteiger partial charge in [0, 0.05) is 0 Å². The Balaban J connectivity index is 1.78. The van der Waals surface area contributed by atoms with Gasteiger partial charge in [0.05, 0.1) is 5.69 Å². The summed E-state index contributed by atoms with van der Waals surface area (Å²) in [5.74, 6) is -0.347. The second-order valence-corrected chi connectivity index (χ2v) is 4.66. The van der Waals surface area contributed by atoms with Crippen molar-refractivity contribution in [2.45, 2.75) is 32.3 Å². The van der Waals surface area contributed by atoms with Gasteiger partial charge in [-0.1, -0.05) is 36.3 Å². The number of aromatic nitrogens is 1. The molecule has 0 saturated heterocycles. The molecule has 0 unspecified atom stereocenters. The molecule has 1 atom stereocenters. The first-order valence-electron chi connectivity index (χ1n) is 6.51. The Labute approximate surface area is 111 Å². The van der Waals surface area contributed by atoms with Crippen LogP contribution in [0.5, 0.6) is 0 Å². The molecule has 1 aromatic carbocycles. The molecule has 19 heavy (non-hydrogen) atoms. The zero-order valence-corrected chi connectivity index (χ0v) is 10.8. The van der Waals surface area contributed by atoms with E-state index in [1.165, 1.54) is 11.8 Å². The fraction of sp³-hybridized carbons (Fsp3) is 0.333. The standard InChI is InChI=1S/C15H15NO3/c1-2-13-12(9-18-16-13)15(17)19-14-8-7-10-5-3-4-6-11(10)14/h3-6,9,14H,2,7-8H2,1H3/t14-/m0/s1. The molecule has 4 heteroatoms. The van der Waals surface area contributed by atoms with Gasteiger partial charge in [-0.25, -0.2) is 4.79 Å². The number of carbonyl (C=O) groups is 1. The molecule has 3 rings (SSSR count). The molecular weight excluding hydrogens is 242 g/mol. The first kappa shape index (κ1) is 12.0. The molecule has 4 nitrogen and oxygen atoms in total. The molecule has 0 saturated carbocycles. The SMILES string of the molecule is CCc1nocc1C(=O)O[C@H]1CCc2ccccc21. The predicted octanol–water partition coefficient (Wildman–Crippen LogP) is 3.08. The molecule has 1 aliphatic rings. The lowest BCUT2D eigenvalue weighted by molar-refractivity contribution is 0.0299.